The van der Waals surface area contributed by atoms with Crippen molar-refractivity contribution in [3.63, 3.8) is 0 Å². The smallest absolute Gasteiger partial charge is 0.362 e. The average molecular weight is 434 g/mol. The summed E-state index contributed by atoms with van der Waals surface area (Å²) in [5.74, 6) is 0.200. The van der Waals surface area contributed by atoms with Crippen molar-refractivity contribution in [2.45, 2.75) is 31.0 Å². The Bertz CT molecular complexity index is 478. The molecule has 1 aliphatic heterocycles. The van der Waals surface area contributed by atoms with E-state index in [4.69, 9.17) is 52.9 Å². The molecular weight excluding hydrogens is 412 g/mol. The molecule has 1 heterocycles. The van der Waals surface area contributed by atoms with Gasteiger partial charge in [-0.2, -0.15) is 0 Å². The summed E-state index contributed by atoms with van der Waals surface area (Å²) in [6.07, 6.45) is -0.276. The van der Waals surface area contributed by atoms with Gasteiger partial charge < -0.3 is 18.7 Å². The van der Waals surface area contributed by atoms with Crippen LogP contribution in [0, 0.1) is 0 Å². The van der Waals surface area contributed by atoms with E-state index < -0.39 is 25.9 Å². The lowest BCUT2D eigenvalue weighted by Crippen LogP contribution is -2.30. The van der Waals surface area contributed by atoms with Gasteiger partial charge in [-0.15, -0.1) is 34.8 Å². The maximum Gasteiger partial charge on any atom is 0.362 e. The molecule has 7 nitrogen and oxygen atoms in total. The van der Waals surface area contributed by atoms with Crippen LogP contribution < -0.4 is 0 Å². The average Bonchev–Trinajstić information content (AvgIpc) is 2.67. The van der Waals surface area contributed by atoms with E-state index >= 15 is 0 Å². The first kappa shape index (κ1) is 22.2. The highest BCUT2D eigenvalue weighted by molar-refractivity contribution is 7.59. The van der Waals surface area contributed by atoms with Crippen LogP contribution >= 0.6 is 50.0 Å². The van der Waals surface area contributed by atoms with Crippen LogP contribution in [0.25, 0.3) is 0 Å². The van der Waals surface area contributed by atoms with Gasteiger partial charge in [-0.25, -0.2) is 0 Å². The maximum atomic E-state index is 13.1. The van der Waals surface area contributed by atoms with Gasteiger partial charge in [0, 0.05) is 24.1 Å². The van der Waals surface area contributed by atoms with Crippen molar-refractivity contribution in [3.8, 4) is 0 Å². The second kappa shape index (κ2) is 8.68. The molecule has 1 saturated heterocycles. The van der Waals surface area contributed by atoms with Crippen LogP contribution in [0.4, 0.5) is 0 Å². The molecule has 3 unspecified atom stereocenters. The first-order valence-electron chi connectivity index (χ1n) is 6.85. The van der Waals surface area contributed by atoms with Gasteiger partial charge in [0.1, 0.15) is 0 Å². The molecule has 0 aliphatic carbocycles. The number of rotatable bonds is 10. The Morgan fingerprint density at radius 2 is 1.61 bits per heavy atom. The zero-order valence-corrected chi connectivity index (χ0v) is 16.9. The first-order chi connectivity index (χ1) is 10.6. The minimum Gasteiger partial charge on any atom is -0.377 e. The normalized spacial score (nSPS) is 34.9. The topological polar surface area (TPSA) is 91.3 Å². The lowest BCUT2D eigenvalue weighted by Gasteiger charge is -2.31. The van der Waals surface area contributed by atoms with Gasteiger partial charge in [-0.1, -0.05) is 0 Å². The monoisotopic (exact) mass is 432 g/mol. The van der Waals surface area contributed by atoms with Crippen molar-refractivity contribution in [1.29, 1.82) is 0 Å². The number of aliphatic hydroxyl groups is 1. The molecule has 3 atom stereocenters. The molecule has 0 saturated carbocycles. The van der Waals surface area contributed by atoms with Crippen LogP contribution in [0.1, 0.15) is 20.3 Å². The fraction of sp³-hybridized carbons (Fsp3) is 1.00. The zero-order chi connectivity index (χ0) is 17.8. The molecule has 0 radical (unpaired) electrons. The Morgan fingerprint density at radius 1 is 1.13 bits per heavy atom. The summed E-state index contributed by atoms with van der Waals surface area (Å²) in [5, 5.41) is 6.92. The van der Waals surface area contributed by atoms with Gasteiger partial charge in [-0.05, 0) is 13.8 Å². The van der Waals surface area contributed by atoms with Crippen molar-refractivity contribution in [3.05, 3.63) is 0 Å². The van der Waals surface area contributed by atoms with E-state index in [0.717, 1.165) is 0 Å². The van der Waals surface area contributed by atoms with Crippen LogP contribution in [-0.4, -0.2) is 53.3 Å². The van der Waals surface area contributed by atoms with Gasteiger partial charge in [0.05, 0.1) is 19.8 Å². The van der Waals surface area contributed by atoms with Gasteiger partial charge in [0.2, 0.25) is 0 Å². The predicted molar refractivity (Wildman–Crippen MR) is 90.0 cm³/mol. The number of alkyl halides is 3. The third-order valence-electron chi connectivity index (χ3n) is 3.16. The van der Waals surface area contributed by atoms with Crippen LogP contribution in [-0.2, 0) is 27.2 Å². The van der Waals surface area contributed by atoms with Crippen LogP contribution in [0.5, 0.6) is 0 Å². The van der Waals surface area contributed by atoms with Gasteiger partial charge in [-0.3, -0.25) is 13.7 Å². The van der Waals surface area contributed by atoms with Crippen LogP contribution in [0.15, 0.2) is 0 Å². The highest BCUT2D eigenvalue weighted by Gasteiger charge is 2.67. The third-order valence-corrected chi connectivity index (χ3v) is 8.73. The van der Waals surface area contributed by atoms with Crippen molar-refractivity contribution in [2.24, 2.45) is 0 Å². The molecule has 0 spiro atoms. The fourth-order valence-corrected chi connectivity index (χ4v) is 7.32. The second-order valence-corrected chi connectivity index (χ2v) is 11.2. The SMILES string of the molecule is CC1(O)CC(C)(P(=O)(OCCCl)OCCCl)OP1(=O)OCCCl. The number of hydrogen-bond donors (Lipinski definition) is 1. The van der Waals surface area contributed by atoms with E-state index in [1.807, 2.05) is 0 Å². The molecule has 0 aromatic carbocycles. The summed E-state index contributed by atoms with van der Waals surface area (Å²) in [4.78, 5) is 0. The van der Waals surface area contributed by atoms with Crippen molar-refractivity contribution < 1.29 is 32.3 Å². The van der Waals surface area contributed by atoms with Crippen LogP contribution in [0.2, 0.25) is 0 Å². The molecule has 0 aromatic rings. The van der Waals surface area contributed by atoms with E-state index in [0.29, 0.717) is 0 Å². The van der Waals surface area contributed by atoms with Crippen molar-refractivity contribution in [2.75, 3.05) is 37.5 Å². The number of halogens is 3. The van der Waals surface area contributed by atoms with Crippen LogP contribution in [0.3, 0.4) is 0 Å². The highest BCUT2D eigenvalue weighted by atomic mass is 35.5. The van der Waals surface area contributed by atoms with Crippen molar-refractivity contribution >= 4 is 50.0 Å². The molecule has 23 heavy (non-hydrogen) atoms. The molecule has 1 fully saturated rings. The highest BCUT2D eigenvalue weighted by Crippen LogP contribution is 2.78. The molecule has 1 aliphatic rings. The zero-order valence-electron chi connectivity index (χ0n) is 12.9. The summed E-state index contributed by atoms with van der Waals surface area (Å²) in [7, 11) is -7.94. The first-order valence-corrected chi connectivity index (χ1v) is 11.5. The molecule has 12 heteroatoms. The lowest BCUT2D eigenvalue weighted by molar-refractivity contribution is 0.0903. The van der Waals surface area contributed by atoms with E-state index in [9.17, 15) is 14.2 Å². The molecular formula is C11H21Cl3O7P2. The minimum absolute atomic E-state index is 0.0588. The van der Waals surface area contributed by atoms with E-state index in [1.54, 1.807) is 0 Å². The Morgan fingerprint density at radius 3 is 2.04 bits per heavy atom. The Kier molecular flexibility index (Phi) is 8.37. The van der Waals surface area contributed by atoms with Crippen molar-refractivity contribution in [1.82, 2.24) is 0 Å². The predicted octanol–water partition coefficient (Wildman–Crippen LogP) is 3.98. The van der Waals surface area contributed by atoms with E-state index in [2.05, 4.69) is 0 Å². The molecule has 138 valence electrons. The molecule has 0 amide bonds. The molecule has 0 aromatic heterocycles. The fourth-order valence-electron chi connectivity index (χ4n) is 2.19. The second-order valence-electron chi connectivity index (χ2n) is 5.22. The molecule has 0 bridgehead atoms. The maximum absolute atomic E-state index is 13.1. The summed E-state index contributed by atoms with van der Waals surface area (Å²) in [6.45, 7) is 2.42. The summed E-state index contributed by atoms with van der Waals surface area (Å²) in [6, 6.07) is 0. The Labute approximate surface area is 150 Å². The molecule has 1 N–H and O–H groups in total. The summed E-state index contributed by atoms with van der Waals surface area (Å²) in [5.41, 5.74) is 0. The quantitative estimate of drug-likeness (QED) is 0.411. The molecule has 1 rings (SSSR count). The van der Waals surface area contributed by atoms with Gasteiger partial charge >= 0.3 is 15.2 Å². The van der Waals surface area contributed by atoms with Gasteiger partial charge in [0.25, 0.3) is 0 Å². The van der Waals surface area contributed by atoms with E-state index in [1.165, 1.54) is 13.8 Å². The Balaban J connectivity index is 3.11. The summed E-state index contributed by atoms with van der Waals surface area (Å²) < 4.78 is 47.0. The largest absolute Gasteiger partial charge is 0.377 e. The lowest BCUT2D eigenvalue weighted by atomic mass is 10.2. The van der Waals surface area contributed by atoms with Gasteiger partial charge in [0.15, 0.2) is 10.7 Å². The van der Waals surface area contributed by atoms with E-state index in [-0.39, 0.29) is 43.9 Å². The minimum atomic E-state index is -4.00. The number of hydrogen-bond acceptors (Lipinski definition) is 7. The Hall–Kier alpha value is 1.13. The standard InChI is InChI=1S/C11H21Cl3O7P2/c1-10(15)9-11(2,21-22(10,16)18-6-3-12)23(17,19-7-4-13)20-8-5-14/h15H,3-9H2,1-2H3. The third kappa shape index (κ3) is 4.85. The summed E-state index contributed by atoms with van der Waals surface area (Å²) >= 11 is 16.6.